The monoisotopic (exact) mass is 510 g/mol. The molecule has 174 valence electrons. The van der Waals surface area contributed by atoms with Crippen molar-refractivity contribution in [2.75, 3.05) is 6.54 Å². The van der Waals surface area contributed by atoms with Crippen molar-refractivity contribution >= 4 is 57.8 Å². The first-order chi connectivity index (χ1) is 16.4. The first-order valence-electron chi connectivity index (χ1n) is 10.9. The molecule has 0 bridgehead atoms. The number of aliphatic imine (C=N–C) groups is 1. The Labute approximate surface area is 214 Å². The topological polar surface area (TPSA) is 41.9 Å². The van der Waals surface area contributed by atoms with Gasteiger partial charge in [-0.3, -0.25) is 9.69 Å². The average Bonchev–Trinajstić information content (AvgIpc) is 3.09. The molecule has 0 atom stereocenters. The fraction of sp³-hybridized carbons (Fsp3) is 0.185. The molecular formula is C27H24Cl2N2O2S. The van der Waals surface area contributed by atoms with Crippen LogP contribution in [0.3, 0.4) is 0 Å². The van der Waals surface area contributed by atoms with E-state index < -0.39 is 0 Å². The molecule has 4 rings (SSSR count). The number of nitrogens with zero attached hydrogens (tertiary/aromatic N) is 2. The summed E-state index contributed by atoms with van der Waals surface area (Å²) in [5.41, 5.74) is 2.47. The third-order valence-corrected chi connectivity index (χ3v) is 6.66. The Morgan fingerprint density at radius 2 is 1.71 bits per heavy atom. The molecule has 1 aliphatic heterocycles. The van der Waals surface area contributed by atoms with Crippen molar-refractivity contribution in [2.24, 2.45) is 10.9 Å². The number of hydrogen-bond acceptors (Lipinski definition) is 4. The molecule has 0 saturated carbocycles. The van der Waals surface area contributed by atoms with E-state index in [1.165, 1.54) is 11.8 Å². The number of hydrogen-bond donors (Lipinski definition) is 0. The molecule has 3 aromatic rings. The van der Waals surface area contributed by atoms with Crippen molar-refractivity contribution in [3.05, 3.63) is 98.9 Å². The van der Waals surface area contributed by atoms with Crippen molar-refractivity contribution in [3.8, 4) is 5.75 Å². The van der Waals surface area contributed by atoms with Crippen LogP contribution in [0.1, 0.15) is 25.0 Å². The van der Waals surface area contributed by atoms with Crippen LogP contribution in [0.2, 0.25) is 10.0 Å². The highest BCUT2D eigenvalue weighted by Crippen LogP contribution is 2.36. The highest BCUT2D eigenvalue weighted by atomic mass is 35.5. The minimum Gasteiger partial charge on any atom is -0.488 e. The summed E-state index contributed by atoms with van der Waals surface area (Å²) in [4.78, 5) is 20.4. The summed E-state index contributed by atoms with van der Waals surface area (Å²) in [6, 6.07) is 22.5. The number of rotatable bonds is 7. The predicted molar refractivity (Wildman–Crippen MR) is 143 cm³/mol. The smallest absolute Gasteiger partial charge is 0.266 e. The molecule has 1 aliphatic rings. The van der Waals surface area contributed by atoms with Gasteiger partial charge in [0.25, 0.3) is 5.91 Å². The molecule has 0 aliphatic carbocycles. The van der Waals surface area contributed by atoms with Crippen LogP contribution in [0.15, 0.2) is 82.7 Å². The van der Waals surface area contributed by atoms with E-state index in [4.69, 9.17) is 32.9 Å². The molecule has 4 nitrogen and oxygen atoms in total. The van der Waals surface area contributed by atoms with Gasteiger partial charge in [-0.05, 0) is 60.2 Å². The third kappa shape index (κ3) is 6.03. The van der Waals surface area contributed by atoms with Gasteiger partial charge < -0.3 is 4.74 Å². The van der Waals surface area contributed by atoms with Gasteiger partial charge in [0.15, 0.2) is 5.17 Å². The van der Waals surface area contributed by atoms with Gasteiger partial charge in [0.05, 0.1) is 10.6 Å². The van der Waals surface area contributed by atoms with Crippen molar-refractivity contribution in [1.82, 2.24) is 4.90 Å². The molecule has 1 amide bonds. The van der Waals surface area contributed by atoms with Crippen LogP contribution in [0.5, 0.6) is 5.75 Å². The standard InChI is InChI=1S/C27H24Cl2N2O2S/c1-18(2)16-31-26(32)25(34-27(31)30-22-13-11-21(28)12-14-22)15-19-7-4-6-10-24(19)33-17-20-8-3-5-9-23(20)29/h3-15,18H,16-17H2,1-2H3/b25-15-,30-27?. The molecule has 0 aromatic heterocycles. The van der Waals surface area contributed by atoms with Crippen molar-refractivity contribution in [3.63, 3.8) is 0 Å². The summed E-state index contributed by atoms with van der Waals surface area (Å²) < 4.78 is 6.07. The zero-order valence-corrected chi connectivity index (χ0v) is 21.2. The zero-order chi connectivity index (χ0) is 24.1. The number of amidine groups is 1. The summed E-state index contributed by atoms with van der Waals surface area (Å²) in [6.07, 6.45) is 1.87. The van der Waals surface area contributed by atoms with Crippen LogP contribution >= 0.6 is 35.0 Å². The highest BCUT2D eigenvalue weighted by Gasteiger charge is 2.34. The number of ether oxygens (including phenoxy) is 1. The van der Waals surface area contributed by atoms with E-state index in [0.29, 0.717) is 44.9 Å². The lowest BCUT2D eigenvalue weighted by Gasteiger charge is -2.17. The summed E-state index contributed by atoms with van der Waals surface area (Å²) in [6.45, 7) is 5.08. The lowest BCUT2D eigenvalue weighted by atomic mass is 10.1. The van der Waals surface area contributed by atoms with Gasteiger partial charge in [-0.1, -0.05) is 73.4 Å². The minimum atomic E-state index is -0.0627. The normalized spacial score (nSPS) is 16.1. The third-order valence-electron chi connectivity index (χ3n) is 5.03. The fourth-order valence-electron chi connectivity index (χ4n) is 3.39. The van der Waals surface area contributed by atoms with Gasteiger partial charge in [-0.25, -0.2) is 4.99 Å². The fourth-order valence-corrected chi connectivity index (χ4v) is 4.70. The number of amides is 1. The van der Waals surface area contributed by atoms with Crippen LogP contribution in [0.25, 0.3) is 6.08 Å². The molecule has 7 heteroatoms. The van der Waals surface area contributed by atoms with Crippen molar-refractivity contribution < 1.29 is 9.53 Å². The van der Waals surface area contributed by atoms with Gasteiger partial charge in [0, 0.05) is 27.7 Å². The number of para-hydroxylation sites is 1. The number of carbonyl (C=O) groups excluding carboxylic acids is 1. The predicted octanol–water partition coefficient (Wildman–Crippen LogP) is 7.83. The van der Waals surface area contributed by atoms with Gasteiger partial charge in [0.2, 0.25) is 0 Å². The van der Waals surface area contributed by atoms with Crippen LogP contribution in [0.4, 0.5) is 5.69 Å². The largest absolute Gasteiger partial charge is 0.488 e. The highest BCUT2D eigenvalue weighted by molar-refractivity contribution is 8.18. The van der Waals surface area contributed by atoms with E-state index in [2.05, 4.69) is 13.8 Å². The first kappa shape index (κ1) is 24.4. The molecule has 3 aromatic carbocycles. The van der Waals surface area contributed by atoms with E-state index in [0.717, 1.165) is 16.8 Å². The van der Waals surface area contributed by atoms with Crippen molar-refractivity contribution in [2.45, 2.75) is 20.5 Å². The zero-order valence-electron chi connectivity index (χ0n) is 18.9. The molecule has 34 heavy (non-hydrogen) atoms. The second-order valence-electron chi connectivity index (χ2n) is 8.21. The van der Waals surface area contributed by atoms with E-state index in [9.17, 15) is 4.79 Å². The van der Waals surface area contributed by atoms with Crippen LogP contribution in [0, 0.1) is 5.92 Å². The van der Waals surface area contributed by atoms with Crippen LogP contribution in [-0.2, 0) is 11.4 Å². The molecule has 0 N–H and O–H groups in total. The number of halogens is 2. The van der Waals surface area contributed by atoms with Crippen LogP contribution < -0.4 is 4.74 Å². The number of thioether (sulfide) groups is 1. The molecule has 0 spiro atoms. The second kappa shape index (κ2) is 11.1. The average molecular weight is 511 g/mol. The molecule has 1 saturated heterocycles. The van der Waals surface area contributed by atoms with Gasteiger partial charge in [-0.2, -0.15) is 0 Å². The summed E-state index contributed by atoms with van der Waals surface area (Å²) in [5.74, 6) is 0.916. The quantitative estimate of drug-likeness (QED) is 0.304. The van der Waals surface area contributed by atoms with Gasteiger partial charge in [-0.15, -0.1) is 0 Å². The van der Waals surface area contributed by atoms with E-state index in [1.807, 2.05) is 66.7 Å². The SMILES string of the molecule is CC(C)CN1C(=O)/C(=C/c2ccccc2OCc2ccccc2Cl)SC1=Nc1ccc(Cl)cc1. The lowest BCUT2D eigenvalue weighted by molar-refractivity contribution is -0.122. The molecule has 1 heterocycles. The number of benzene rings is 3. The van der Waals surface area contributed by atoms with E-state index in [1.54, 1.807) is 17.0 Å². The summed E-state index contributed by atoms with van der Waals surface area (Å²) >= 11 is 13.6. The lowest BCUT2D eigenvalue weighted by Crippen LogP contribution is -2.32. The number of carbonyl (C=O) groups is 1. The Morgan fingerprint density at radius 3 is 2.44 bits per heavy atom. The summed E-state index contributed by atoms with van der Waals surface area (Å²) in [5, 5.41) is 1.96. The van der Waals surface area contributed by atoms with Gasteiger partial charge in [0.1, 0.15) is 12.4 Å². The summed E-state index contributed by atoms with van der Waals surface area (Å²) in [7, 11) is 0. The molecule has 0 unspecified atom stereocenters. The maximum Gasteiger partial charge on any atom is 0.266 e. The molecule has 1 fully saturated rings. The Morgan fingerprint density at radius 1 is 1.00 bits per heavy atom. The van der Waals surface area contributed by atoms with E-state index in [-0.39, 0.29) is 5.91 Å². The Kier molecular flexibility index (Phi) is 7.99. The van der Waals surface area contributed by atoms with Gasteiger partial charge >= 0.3 is 0 Å². The Bertz CT molecular complexity index is 1240. The van der Waals surface area contributed by atoms with Crippen LogP contribution in [-0.4, -0.2) is 22.5 Å². The maximum atomic E-state index is 13.3. The van der Waals surface area contributed by atoms with E-state index >= 15 is 0 Å². The molecule has 0 radical (unpaired) electrons. The Hall–Kier alpha value is -2.73. The van der Waals surface area contributed by atoms with Crippen molar-refractivity contribution in [1.29, 1.82) is 0 Å². The first-order valence-corrected chi connectivity index (χ1v) is 12.5. The maximum absolute atomic E-state index is 13.3. The Balaban J connectivity index is 1.61. The molecular weight excluding hydrogens is 487 g/mol. The minimum absolute atomic E-state index is 0.0627. The second-order valence-corrected chi connectivity index (χ2v) is 10.1.